The number of nitrogens with one attached hydrogen (secondary N) is 1. The molecule has 5 rings (SSSR count). The van der Waals surface area contributed by atoms with Gasteiger partial charge in [-0.2, -0.15) is 0 Å². The summed E-state index contributed by atoms with van der Waals surface area (Å²) < 4.78 is 0. The van der Waals surface area contributed by atoms with Crippen LogP contribution in [0.5, 0.6) is 0 Å². The van der Waals surface area contributed by atoms with E-state index >= 15 is 0 Å². The minimum absolute atomic E-state index is 0.0148. The molecular formula is C31H38N4O. The smallest absolute Gasteiger partial charge is 0.318 e. The molecule has 0 saturated carbocycles. The normalized spacial score (nSPS) is 20.3. The summed E-state index contributed by atoms with van der Waals surface area (Å²) in [5.41, 5.74) is 3.60. The second kappa shape index (κ2) is 11.7. The molecule has 1 N–H and O–H groups in total. The fourth-order valence-electron chi connectivity index (χ4n) is 5.96. The molecule has 3 aromatic carbocycles. The number of piperidine rings is 1. The van der Waals surface area contributed by atoms with Gasteiger partial charge in [0.2, 0.25) is 0 Å². The molecule has 188 valence electrons. The number of urea groups is 1. The van der Waals surface area contributed by atoms with Crippen LogP contribution in [0.1, 0.15) is 41.6 Å². The Kier molecular flexibility index (Phi) is 7.99. The Morgan fingerprint density at radius 1 is 0.750 bits per heavy atom. The van der Waals surface area contributed by atoms with Gasteiger partial charge < -0.3 is 15.1 Å². The number of hydrogen-bond donors (Lipinski definition) is 1. The van der Waals surface area contributed by atoms with E-state index < -0.39 is 0 Å². The molecule has 2 fully saturated rings. The lowest BCUT2D eigenvalue weighted by atomic mass is 9.85. The van der Waals surface area contributed by atoms with Crippen LogP contribution < -0.4 is 5.32 Å². The van der Waals surface area contributed by atoms with E-state index in [2.05, 4.69) is 76.8 Å². The van der Waals surface area contributed by atoms with Crippen LogP contribution in [0.15, 0.2) is 91.0 Å². The average molecular weight is 483 g/mol. The number of likely N-dealkylation sites (tertiary alicyclic amines) is 1. The summed E-state index contributed by atoms with van der Waals surface area (Å²) in [5, 5.41) is 3.33. The fraction of sp³-hybridized carbons (Fsp3) is 0.387. The molecule has 2 aliphatic heterocycles. The molecule has 0 radical (unpaired) electrons. The van der Waals surface area contributed by atoms with E-state index in [0.29, 0.717) is 12.0 Å². The maximum atomic E-state index is 13.4. The van der Waals surface area contributed by atoms with E-state index in [1.54, 1.807) is 0 Å². The van der Waals surface area contributed by atoms with E-state index in [-0.39, 0.29) is 12.1 Å². The summed E-state index contributed by atoms with van der Waals surface area (Å²) in [5.74, 6) is 0.618. The number of piperazine rings is 1. The van der Waals surface area contributed by atoms with Crippen molar-refractivity contribution in [1.29, 1.82) is 0 Å². The molecule has 36 heavy (non-hydrogen) atoms. The van der Waals surface area contributed by atoms with Crippen LogP contribution in [0.2, 0.25) is 0 Å². The van der Waals surface area contributed by atoms with Gasteiger partial charge in [-0.25, -0.2) is 4.79 Å². The van der Waals surface area contributed by atoms with Crippen molar-refractivity contribution in [2.75, 3.05) is 46.3 Å². The predicted octanol–water partition coefficient (Wildman–Crippen LogP) is 5.19. The van der Waals surface area contributed by atoms with Crippen LogP contribution >= 0.6 is 0 Å². The highest BCUT2D eigenvalue weighted by Gasteiger charge is 2.34. The van der Waals surface area contributed by atoms with Crippen molar-refractivity contribution in [1.82, 2.24) is 20.0 Å². The standard InChI is InChI=1S/C31H38N4O/c1-33-19-11-18-28(24-33)30(27-16-9-4-10-17-27)34-20-22-35(23-21-34)31(36)32-29(25-12-5-2-6-13-25)26-14-7-3-8-15-26/h2-10,12-17,28-30H,11,18-24H2,1H3,(H,32,36). The molecule has 0 aliphatic carbocycles. The Morgan fingerprint density at radius 2 is 1.28 bits per heavy atom. The fourth-order valence-corrected chi connectivity index (χ4v) is 5.96. The number of amides is 2. The summed E-state index contributed by atoms with van der Waals surface area (Å²) in [6.07, 6.45) is 2.52. The van der Waals surface area contributed by atoms with Crippen molar-refractivity contribution in [3.63, 3.8) is 0 Å². The SMILES string of the molecule is CN1CCCC(C(c2ccccc2)N2CCN(C(=O)NC(c3ccccc3)c3ccccc3)CC2)C1. The monoisotopic (exact) mass is 482 g/mol. The Morgan fingerprint density at radius 3 is 1.81 bits per heavy atom. The minimum atomic E-state index is -0.159. The highest BCUT2D eigenvalue weighted by Crippen LogP contribution is 2.35. The van der Waals surface area contributed by atoms with Crippen molar-refractivity contribution >= 4 is 6.03 Å². The van der Waals surface area contributed by atoms with Gasteiger partial charge in [-0.05, 0) is 49.0 Å². The summed E-state index contributed by atoms with van der Waals surface area (Å²) in [7, 11) is 2.24. The van der Waals surface area contributed by atoms with Gasteiger partial charge in [-0.1, -0.05) is 91.0 Å². The number of carbonyl (C=O) groups excluding carboxylic acids is 1. The highest BCUT2D eigenvalue weighted by molar-refractivity contribution is 5.75. The van der Waals surface area contributed by atoms with E-state index in [9.17, 15) is 4.79 Å². The predicted molar refractivity (Wildman–Crippen MR) is 146 cm³/mol. The maximum absolute atomic E-state index is 13.4. The molecule has 2 unspecified atom stereocenters. The molecular weight excluding hydrogens is 444 g/mol. The first-order valence-corrected chi connectivity index (χ1v) is 13.3. The van der Waals surface area contributed by atoms with Gasteiger partial charge in [0.05, 0.1) is 6.04 Å². The summed E-state index contributed by atoms with van der Waals surface area (Å²) in [4.78, 5) is 20.5. The zero-order chi connectivity index (χ0) is 24.7. The molecule has 5 nitrogen and oxygen atoms in total. The topological polar surface area (TPSA) is 38.8 Å². The van der Waals surface area contributed by atoms with Crippen molar-refractivity contribution < 1.29 is 4.79 Å². The first-order valence-electron chi connectivity index (χ1n) is 13.3. The Hall–Kier alpha value is -3.15. The second-order valence-electron chi connectivity index (χ2n) is 10.2. The lowest BCUT2D eigenvalue weighted by Gasteiger charge is -2.45. The van der Waals surface area contributed by atoms with E-state index in [1.807, 2.05) is 41.3 Å². The molecule has 0 bridgehead atoms. The quantitative estimate of drug-likeness (QED) is 0.526. The third kappa shape index (κ3) is 5.80. The van der Waals surface area contributed by atoms with Crippen molar-refractivity contribution in [2.45, 2.75) is 24.9 Å². The largest absolute Gasteiger partial charge is 0.327 e. The van der Waals surface area contributed by atoms with E-state index in [4.69, 9.17) is 0 Å². The molecule has 5 heteroatoms. The minimum Gasteiger partial charge on any atom is -0.327 e. The molecule has 0 spiro atoms. The third-order valence-corrected chi connectivity index (χ3v) is 7.78. The van der Waals surface area contributed by atoms with Crippen LogP contribution in [0, 0.1) is 5.92 Å². The number of benzene rings is 3. The van der Waals surface area contributed by atoms with Gasteiger partial charge in [0.15, 0.2) is 0 Å². The first kappa shape index (κ1) is 24.5. The second-order valence-corrected chi connectivity index (χ2v) is 10.2. The zero-order valence-corrected chi connectivity index (χ0v) is 21.3. The lowest BCUT2D eigenvalue weighted by molar-refractivity contribution is 0.0534. The molecule has 2 amide bonds. The van der Waals surface area contributed by atoms with E-state index in [1.165, 1.54) is 24.9 Å². The van der Waals surface area contributed by atoms with Gasteiger partial charge in [0.1, 0.15) is 0 Å². The van der Waals surface area contributed by atoms with E-state index in [0.717, 1.165) is 43.9 Å². The van der Waals surface area contributed by atoms with Gasteiger partial charge in [0, 0.05) is 38.8 Å². The Bertz CT molecular complexity index is 1040. The first-order chi connectivity index (χ1) is 17.7. The van der Waals surface area contributed by atoms with Gasteiger partial charge in [0.25, 0.3) is 0 Å². The summed E-state index contributed by atoms with van der Waals surface area (Å²) >= 11 is 0. The van der Waals surface area contributed by atoms with Crippen molar-refractivity contribution in [3.05, 3.63) is 108 Å². The lowest BCUT2D eigenvalue weighted by Crippen LogP contribution is -2.54. The summed E-state index contributed by atoms with van der Waals surface area (Å²) in [6, 6.07) is 31.7. The molecule has 2 saturated heterocycles. The molecule has 0 aromatic heterocycles. The average Bonchev–Trinajstić information content (AvgIpc) is 2.94. The van der Waals surface area contributed by atoms with Crippen molar-refractivity contribution in [2.24, 2.45) is 5.92 Å². The number of rotatable bonds is 6. The molecule has 2 aliphatic rings. The number of hydrogen-bond acceptors (Lipinski definition) is 3. The van der Waals surface area contributed by atoms with Crippen LogP contribution in [-0.2, 0) is 0 Å². The summed E-state index contributed by atoms with van der Waals surface area (Å²) in [6.45, 7) is 5.61. The number of carbonyl (C=O) groups is 1. The number of nitrogens with zero attached hydrogens (tertiary/aromatic N) is 3. The van der Waals surface area contributed by atoms with Crippen LogP contribution in [-0.4, -0.2) is 67.0 Å². The molecule has 3 aromatic rings. The van der Waals surface area contributed by atoms with Crippen LogP contribution in [0.25, 0.3) is 0 Å². The highest BCUT2D eigenvalue weighted by atomic mass is 16.2. The Labute approximate surface area is 215 Å². The molecule has 2 atom stereocenters. The third-order valence-electron chi connectivity index (χ3n) is 7.78. The van der Waals surface area contributed by atoms with Gasteiger partial charge in [-0.15, -0.1) is 0 Å². The van der Waals surface area contributed by atoms with Crippen molar-refractivity contribution in [3.8, 4) is 0 Å². The van der Waals surface area contributed by atoms with Crippen LogP contribution in [0.4, 0.5) is 4.79 Å². The Balaban J connectivity index is 1.27. The maximum Gasteiger partial charge on any atom is 0.318 e. The zero-order valence-electron chi connectivity index (χ0n) is 21.3. The molecule has 2 heterocycles. The van der Waals surface area contributed by atoms with Crippen LogP contribution in [0.3, 0.4) is 0 Å². The van der Waals surface area contributed by atoms with Gasteiger partial charge in [-0.3, -0.25) is 4.90 Å². The van der Waals surface area contributed by atoms with Gasteiger partial charge >= 0.3 is 6.03 Å².